The van der Waals surface area contributed by atoms with Gasteiger partial charge in [0.15, 0.2) is 5.78 Å². The second-order valence-electron chi connectivity index (χ2n) is 7.45. The molecule has 0 fully saturated rings. The first-order valence-corrected chi connectivity index (χ1v) is 10.3. The van der Waals surface area contributed by atoms with Crippen LogP contribution in [-0.2, 0) is 25.9 Å². The van der Waals surface area contributed by atoms with Crippen molar-refractivity contribution in [2.45, 2.75) is 13.8 Å². The van der Waals surface area contributed by atoms with E-state index in [1.807, 2.05) is 24.4 Å². The van der Waals surface area contributed by atoms with E-state index in [0.717, 1.165) is 33.2 Å². The Morgan fingerprint density at radius 3 is 2.18 bits per heavy atom. The van der Waals surface area contributed by atoms with Crippen LogP contribution in [0.25, 0.3) is 38.8 Å². The Morgan fingerprint density at radius 1 is 0.909 bits per heavy atom. The van der Waals surface area contributed by atoms with Crippen molar-refractivity contribution in [3.05, 3.63) is 109 Å². The second kappa shape index (κ2) is 10.9. The predicted molar refractivity (Wildman–Crippen MR) is 130 cm³/mol. The summed E-state index contributed by atoms with van der Waals surface area (Å²) < 4.78 is 2.26. The number of aromatic nitrogens is 2. The SMILES string of the molecule is CC(=O)/C=C(/C)O.[Pt].[c-]1cc(-c2ccccc2)cc2c1c1ncccc1n2-c1ccccc1. The van der Waals surface area contributed by atoms with Crippen LogP contribution in [0, 0.1) is 6.07 Å². The van der Waals surface area contributed by atoms with Crippen LogP contribution in [0.5, 0.6) is 0 Å². The van der Waals surface area contributed by atoms with Crippen LogP contribution < -0.4 is 0 Å². The number of hydrogen-bond acceptors (Lipinski definition) is 3. The third-order valence-electron chi connectivity index (χ3n) is 4.96. The summed E-state index contributed by atoms with van der Waals surface area (Å²) in [5.74, 6) is -0.0625. The average Bonchev–Trinajstić information content (AvgIpc) is 3.13. The molecule has 0 bridgehead atoms. The number of carbonyl (C=O) groups is 1. The summed E-state index contributed by atoms with van der Waals surface area (Å²) in [7, 11) is 0. The summed E-state index contributed by atoms with van der Waals surface area (Å²) >= 11 is 0. The number of pyridine rings is 1. The van der Waals surface area contributed by atoms with Crippen molar-refractivity contribution < 1.29 is 31.0 Å². The predicted octanol–water partition coefficient (Wildman–Crippen LogP) is 6.68. The zero-order chi connectivity index (χ0) is 22.5. The Labute approximate surface area is 207 Å². The number of hydrogen-bond donors (Lipinski definition) is 1. The minimum atomic E-state index is -0.125. The van der Waals surface area contributed by atoms with E-state index in [2.05, 4.69) is 82.3 Å². The molecule has 0 radical (unpaired) electrons. The van der Waals surface area contributed by atoms with E-state index in [1.165, 1.54) is 25.5 Å². The normalized spacial score (nSPS) is 10.9. The molecule has 3 aromatic carbocycles. The van der Waals surface area contributed by atoms with Gasteiger partial charge in [-0.3, -0.25) is 4.79 Å². The van der Waals surface area contributed by atoms with E-state index >= 15 is 0 Å². The van der Waals surface area contributed by atoms with Crippen molar-refractivity contribution in [1.29, 1.82) is 0 Å². The number of nitrogens with zero attached hydrogens (tertiary/aromatic N) is 2. The van der Waals surface area contributed by atoms with Crippen molar-refractivity contribution in [1.82, 2.24) is 9.55 Å². The van der Waals surface area contributed by atoms with Gasteiger partial charge in [-0.05, 0) is 43.6 Å². The van der Waals surface area contributed by atoms with Gasteiger partial charge in [0.05, 0.1) is 5.76 Å². The zero-order valence-electron chi connectivity index (χ0n) is 18.3. The van der Waals surface area contributed by atoms with Crippen LogP contribution in [0.3, 0.4) is 0 Å². The molecule has 33 heavy (non-hydrogen) atoms. The first-order valence-electron chi connectivity index (χ1n) is 10.3. The first-order chi connectivity index (χ1) is 15.5. The quantitative estimate of drug-likeness (QED) is 0.140. The van der Waals surface area contributed by atoms with Crippen LogP contribution in [-0.4, -0.2) is 20.4 Å². The Morgan fingerprint density at radius 2 is 1.58 bits per heavy atom. The van der Waals surface area contributed by atoms with E-state index in [4.69, 9.17) is 5.11 Å². The fraction of sp³-hybridized carbons (Fsp3) is 0.0714. The van der Waals surface area contributed by atoms with E-state index in [1.54, 1.807) is 0 Å². The molecular formula is C28H23N2O2Pt-. The Hall–Kier alpha value is -3.49. The van der Waals surface area contributed by atoms with Gasteiger partial charge in [-0.1, -0.05) is 65.0 Å². The van der Waals surface area contributed by atoms with Gasteiger partial charge in [0.1, 0.15) is 0 Å². The van der Waals surface area contributed by atoms with Gasteiger partial charge in [-0.25, -0.2) is 0 Å². The summed E-state index contributed by atoms with van der Waals surface area (Å²) in [6.45, 7) is 2.85. The van der Waals surface area contributed by atoms with Crippen LogP contribution in [0.1, 0.15) is 13.8 Å². The number of benzene rings is 3. The van der Waals surface area contributed by atoms with Crippen LogP contribution in [0.2, 0.25) is 0 Å². The van der Waals surface area contributed by atoms with Gasteiger partial charge in [-0.2, -0.15) is 0 Å². The fourth-order valence-electron chi connectivity index (χ4n) is 3.70. The molecular weight excluding hydrogens is 591 g/mol. The van der Waals surface area contributed by atoms with Crippen molar-refractivity contribution in [2.75, 3.05) is 0 Å². The molecule has 0 atom stereocenters. The number of rotatable bonds is 3. The second-order valence-corrected chi connectivity index (χ2v) is 7.45. The van der Waals surface area contributed by atoms with Crippen molar-refractivity contribution >= 4 is 27.7 Å². The third kappa shape index (κ3) is 5.47. The largest absolute Gasteiger partial charge is 0.512 e. The van der Waals surface area contributed by atoms with Gasteiger partial charge in [-0.15, -0.1) is 18.2 Å². The number of aliphatic hydroxyl groups is 1. The van der Waals surface area contributed by atoms with E-state index < -0.39 is 0 Å². The minimum absolute atomic E-state index is 0. The number of fused-ring (bicyclic) bond motifs is 3. The first kappa shape index (κ1) is 24.2. The molecule has 0 amide bonds. The molecule has 5 aromatic rings. The number of aliphatic hydroxyl groups excluding tert-OH is 1. The number of allylic oxidation sites excluding steroid dienone is 2. The van der Waals surface area contributed by atoms with Crippen LogP contribution in [0.4, 0.5) is 0 Å². The molecule has 5 heteroatoms. The number of ketones is 1. The molecule has 0 saturated heterocycles. The van der Waals surface area contributed by atoms with Gasteiger partial charge >= 0.3 is 0 Å². The maximum atomic E-state index is 10.0. The van der Waals surface area contributed by atoms with E-state index in [9.17, 15) is 4.79 Å². The summed E-state index contributed by atoms with van der Waals surface area (Å²) in [6, 6.07) is 32.7. The topological polar surface area (TPSA) is 55.1 Å². The Bertz CT molecular complexity index is 1400. The molecule has 0 unspecified atom stereocenters. The molecule has 0 saturated carbocycles. The average molecular weight is 615 g/mol. The molecule has 4 nitrogen and oxygen atoms in total. The van der Waals surface area contributed by atoms with Crippen LogP contribution in [0.15, 0.2) is 103 Å². The van der Waals surface area contributed by atoms with Crippen LogP contribution >= 0.6 is 0 Å². The maximum Gasteiger partial charge on any atom is 0.155 e. The van der Waals surface area contributed by atoms with Crippen molar-refractivity contribution in [2.24, 2.45) is 0 Å². The maximum absolute atomic E-state index is 10.0. The van der Waals surface area contributed by atoms with Gasteiger partial charge < -0.3 is 14.7 Å². The molecule has 0 aliphatic heterocycles. The summed E-state index contributed by atoms with van der Waals surface area (Å²) in [4.78, 5) is 14.6. The van der Waals surface area contributed by atoms with Gasteiger partial charge in [0, 0.05) is 50.1 Å². The molecule has 168 valence electrons. The molecule has 2 aromatic heterocycles. The van der Waals surface area contributed by atoms with Gasteiger partial charge in [0.2, 0.25) is 0 Å². The monoisotopic (exact) mass is 614 g/mol. The summed E-state index contributed by atoms with van der Waals surface area (Å²) in [5, 5.41) is 9.42. The Balaban J connectivity index is 0.000000337. The van der Waals surface area contributed by atoms with E-state index in [0.29, 0.717) is 0 Å². The summed E-state index contributed by atoms with van der Waals surface area (Å²) in [6.07, 6.45) is 3.01. The molecule has 5 rings (SSSR count). The molecule has 0 aliphatic rings. The number of carbonyl (C=O) groups excluding carboxylic acids is 1. The molecule has 2 heterocycles. The molecule has 1 N–H and O–H groups in total. The zero-order valence-corrected chi connectivity index (χ0v) is 20.6. The minimum Gasteiger partial charge on any atom is -0.512 e. The standard InChI is InChI=1S/C23H15N2.C5H8O2.Pt/c1-3-8-17(9-4-1)18-13-14-20-22(16-18)25(19-10-5-2-6-11-19)21-12-7-15-24-23(20)21;1-4(6)3-5(2)7;/h1-13,15-16H;3,6H,1-2H3;/q-1;;/b;4-3-;. The fourth-order valence-corrected chi connectivity index (χ4v) is 3.70. The smallest absolute Gasteiger partial charge is 0.155 e. The van der Waals surface area contributed by atoms with E-state index in [-0.39, 0.29) is 32.6 Å². The van der Waals surface area contributed by atoms with Crippen molar-refractivity contribution in [3.63, 3.8) is 0 Å². The molecule has 0 aliphatic carbocycles. The van der Waals surface area contributed by atoms with Crippen molar-refractivity contribution in [3.8, 4) is 16.8 Å². The third-order valence-corrected chi connectivity index (χ3v) is 4.96. The number of para-hydroxylation sites is 1. The Kier molecular flexibility index (Phi) is 7.97. The van der Waals surface area contributed by atoms with Gasteiger partial charge in [0.25, 0.3) is 0 Å². The molecule has 0 spiro atoms. The summed E-state index contributed by atoms with van der Waals surface area (Å²) in [5.41, 5.74) is 6.70.